The molecular formula is C12H7Cl3FN. The van der Waals surface area contributed by atoms with Gasteiger partial charge < -0.3 is 5.73 Å². The average Bonchev–Trinajstić information content (AvgIpc) is 2.21. The summed E-state index contributed by atoms with van der Waals surface area (Å²) in [6.45, 7) is 0. The molecule has 0 saturated carbocycles. The highest BCUT2D eigenvalue weighted by Crippen LogP contribution is 2.37. The summed E-state index contributed by atoms with van der Waals surface area (Å²) in [5, 5.41) is 1.16. The van der Waals surface area contributed by atoms with Crippen LogP contribution in [0.3, 0.4) is 0 Å². The Balaban J connectivity index is 2.64. The first kappa shape index (κ1) is 12.5. The summed E-state index contributed by atoms with van der Waals surface area (Å²) in [5.41, 5.74) is 6.58. The zero-order valence-electron chi connectivity index (χ0n) is 8.48. The van der Waals surface area contributed by atoms with Gasteiger partial charge in [0.25, 0.3) is 0 Å². The number of rotatable bonds is 1. The Morgan fingerprint density at radius 2 is 1.53 bits per heavy atom. The van der Waals surface area contributed by atoms with E-state index in [1.54, 1.807) is 18.2 Å². The molecule has 2 aromatic rings. The maximum Gasteiger partial charge on any atom is 0.146 e. The van der Waals surface area contributed by atoms with Gasteiger partial charge in [-0.1, -0.05) is 40.9 Å². The van der Waals surface area contributed by atoms with Gasteiger partial charge in [-0.15, -0.1) is 0 Å². The van der Waals surface area contributed by atoms with Gasteiger partial charge in [-0.2, -0.15) is 0 Å². The minimum Gasteiger partial charge on any atom is -0.396 e. The molecule has 0 heterocycles. The molecule has 0 spiro atoms. The molecule has 0 aliphatic rings. The van der Waals surface area contributed by atoms with Crippen LogP contribution in [-0.2, 0) is 0 Å². The highest BCUT2D eigenvalue weighted by molar-refractivity contribution is 6.41. The van der Waals surface area contributed by atoms with Crippen LogP contribution in [0.2, 0.25) is 15.1 Å². The van der Waals surface area contributed by atoms with Crippen LogP contribution in [0.4, 0.5) is 10.1 Å². The van der Waals surface area contributed by atoms with Crippen LogP contribution in [0.25, 0.3) is 11.1 Å². The second-order valence-corrected chi connectivity index (χ2v) is 4.73. The van der Waals surface area contributed by atoms with Crippen LogP contribution in [0, 0.1) is 5.82 Å². The smallest absolute Gasteiger partial charge is 0.146 e. The molecule has 1 nitrogen and oxygen atoms in total. The minimum atomic E-state index is -0.510. The summed E-state index contributed by atoms with van der Waals surface area (Å²) >= 11 is 17.9. The third-order valence-corrected chi connectivity index (χ3v) is 3.11. The Morgan fingerprint density at radius 3 is 2.06 bits per heavy atom. The molecule has 0 atom stereocenters. The third kappa shape index (κ3) is 2.49. The molecule has 17 heavy (non-hydrogen) atoms. The standard InChI is InChI=1S/C12H7Cl3FN/c13-7-4-8(14)12(9(15)5-7)6-1-2-11(17)10(16)3-6/h1-5H,17H2. The summed E-state index contributed by atoms with van der Waals surface area (Å²) in [4.78, 5) is 0. The molecule has 0 amide bonds. The first-order valence-electron chi connectivity index (χ1n) is 4.69. The molecule has 5 heteroatoms. The molecule has 0 aliphatic heterocycles. The van der Waals surface area contributed by atoms with Crippen LogP contribution in [-0.4, -0.2) is 0 Å². The molecular weight excluding hydrogens is 283 g/mol. The topological polar surface area (TPSA) is 26.0 Å². The molecule has 0 saturated heterocycles. The van der Waals surface area contributed by atoms with Gasteiger partial charge in [0.05, 0.1) is 15.7 Å². The van der Waals surface area contributed by atoms with Gasteiger partial charge in [0.1, 0.15) is 5.82 Å². The summed E-state index contributed by atoms with van der Waals surface area (Å²) < 4.78 is 13.4. The lowest BCUT2D eigenvalue weighted by Gasteiger charge is -2.09. The van der Waals surface area contributed by atoms with Gasteiger partial charge in [0.2, 0.25) is 0 Å². The predicted octanol–water partition coefficient (Wildman–Crippen LogP) is 5.04. The van der Waals surface area contributed by atoms with Crippen LogP contribution in [0.1, 0.15) is 0 Å². The zero-order chi connectivity index (χ0) is 12.6. The van der Waals surface area contributed by atoms with Crippen molar-refractivity contribution in [1.82, 2.24) is 0 Å². The number of anilines is 1. The monoisotopic (exact) mass is 289 g/mol. The summed E-state index contributed by atoms with van der Waals surface area (Å²) in [6, 6.07) is 7.51. The summed E-state index contributed by atoms with van der Waals surface area (Å²) in [5.74, 6) is -0.510. The second-order valence-electron chi connectivity index (χ2n) is 3.48. The fourth-order valence-corrected chi connectivity index (χ4v) is 2.54. The van der Waals surface area contributed by atoms with Gasteiger partial charge in [0, 0.05) is 10.6 Å². The van der Waals surface area contributed by atoms with E-state index in [1.165, 1.54) is 12.1 Å². The number of nitrogen functional groups attached to an aromatic ring is 1. The Labute approximate surface area is 113 Å². The largest absolute Gasteiger partial charge is 0.396 e. The normalized spacial score (nSPS) is 10.6. The van der Waals surface area contributed by atoms with Crippen molar-refractivity contribution in [2.75, 3.05) is 5.73 Å². The van der Waals surface area contributed by atoms with E-state index in [1.807, 2.05) is 0 Å². The molecule has 88 valence electrons. The van der Waals surface area contributed by atoms with Gasteiger partial charge >= 0.3 is 0 Å². The lowest BCUT2D eigenvalue weighted by molar-refractivity contribution is 0.633. The fourth-order valence-electron chi connectivity index (χ4n) is 1.50. The van der Waals surface area contributed by atoms with Gasteiger partial charge in [-0.3, -0.25) is 0 Å². The number of nitrogens with two attached hydrogens (primary N) is 1. The van der Waals surface area contributed by atoms with E-state index in [9.17, 15) is 4.39 Å². The average molecular weight is 291 g/mol. The SMILES string of the molecule is Nc1ccc(-c2c(Cl)cc(Cl)cc2Cl)cc1F. The Morgan fingerprint density at radius 1 is 0.941 bits per heavy atom. The Bertz CT molecular complexity index is 561. The van der Waals surface area contributed by atoms with E-state index in [2.05, 4.69) is 0 Å². The van der Waals surface area contributed by atoms with Crippen molar-refractivity contribution in [2.24, 2.45) is 0 Å². The van der Waals surface area contributed by atoms with Crippen molar-refractivity contribution >= 4 is 40.5 Å². The van der Waals surface area contributed by atoms with Crippen molar-refractivity contribution in [3.05, 3.63) is 51.2 Å². The predicted molar refractivity (Wildman–Crippen MR) is 71.3 cm³/mol. The summed E-state index contributed by atoms with van der Waals surface area (Å²) in [6.07, 6.45) is 0. The van der Waals surface area contributed by atoms with Crippen LogP contribution in [0.5, 0.6) is 0 Å². The Kier molecular flexibility index (Phi) is 3.48. The van der Waals surface area contributed by atoms with Gasteiger partial charge in [-0.05, 0) is 29.8 Å². The lowest BCUT2D eigenvalue weighted by Crippen LogP contribution is -1.91. The van der Waals surface area contributed by atoms with Gasteiger partial charge in [0.15, 0.2) is 0 Å². The van der Waals surface area contributed by atoms with Crippen molar-refractivity contribution in [2.45, 2.75) is 0 Å². The van der Waals surface area contributed by atoms with Crippen molar-refractivity contribution in [3.8, 4) is 11.1 Å². The second kappa shape index (κ2) is 4.73. The van der Waals surface area contributed by atoms with E-state index < -0.39 is 5.82 Å². The number of hydrogen-bond donors (Lipinski definition) is 1. The Hall–Kier alpha value is -0.960. The van der Waals surface area contributed by atoms with E-state index in [4.69, 9.17) is 40.5 Å². The van der Waals surface area contributed by atoms with Crippen LogP contribution in [0.15, 0.2) is 30.3 Å². The van der Waals surface area contributed by atoms with Gasteiger partial charge in [-0.25, -0.2) is 4.39 Å². The maximum absolute atomic E-state index is 13.4. The number of halogens is 4. The molecule has 0 fully saturated rings. The van der Waals surface area contributed by atoms with E-state index in [0.717, 1.165) is 0 Å². The first-order valence-corrected chi connectivity index (χ1v) is 5.82. The molecule has 0 aromatic heterocycles. The molecule has 0 unspecified atom stereocenters. The maximum atomic E-state index is 13.4. The lowest BCUT2D eigenvalue weighted by atomic mass is 10.0. The molecule has 2 N–H and O–H groups in total. The molecule has 0 aliphatic carbocycles. The highest BCUT2D eigenvalue weighted by atomic mass is 35.5. The van der Waals surface area contributed by atoms with Crippen LogP contribution >= 0.6 is 34.8 Å². The van der Waals surface area contributed by atoms with Crippen LogP contribution < -0.4 is 5.73 Å². The summed E-state index contributed by atoms with van der Waals surface area (Å²) in [7, 11) is 0. The number of benzene rings is 2. The first-order chi connectivity index (χ1) is 7.99. The fraction of sp³-hybridized carbons (Fsp3) is 0. The molecule has 2 rings (SSSR count). The molecule has 0 radical (unpaired) electrons. The molecule has 2 aromatic carbocycles. The van der Waals surface area contributed by atoms with E-state index >= 15 is 0 Å². The van der Waals surface area contributed by atoms with E-state index in [-0.39, 0.29) is 5.69 Å². The number of hydrogen-bond acceptors (Lipinski definition) is 1. The van der Waals surface area contributed by atoms with Crippen molar-refractivity contribution in [3.63, 3.8) is 0 Å². The van der Waals surface area contributed by atoms with E-state index in [0.29, 0.717) is 26.2 Å². The zero-order valence-corrected chi connectivity index (χ0v) is 10.7. The minimum absolute atomic E-state index is 0.0787. The third-order valence-electron chi connectivity index (χ3n) is 2.30. The van der Waals surface area contributed by atoms with Crippen molar-refractivity contribution < 1.29 is 4.39 Å². The molecule has 0 bridgehead atoms. The highest BCUT2D eigenvalue weighted by Gasteiger charge is 2.11. The quantitative estimate of drug-likeness (QED) is 0.732. The van der Waals surface area contributed by atoms with Crippen molar-refractivity contribution in [1.29, 1.82) is 0 Å².